The van der Waals surface area contributed by atoms with Crippen molar-refractivity contribution in [1.29, 1.82) is 0 Å². The molecule has 0 aliphatic heterocycles. The topological polar surface area (TPSA) is 29.3 Å². The number of benzene rings is 1. The van der Waals surface area contributed by atoms with Gasteiger partial charge in [0.25, 0.3) is 0 Å². The minimum Gasteiger partial charge on any atom is -0.374 e. The average Bonchev–Trinajstić information content (AvgIpc) is 2.32. The Balaban J connectivity index is 2.05. The van der Waals surface area contributed by atoms with Gasteiger partial charge in [0.05, 0.1) is 0 Å². The number of nitrogens with two attached hydrogens (primary N) is 1. The van der Waals surface area contributed by atoms with Gasteiger partial charge >= 0.3 is 0 Å². The first kappa shape index (κ1) is 14.4. The molecule has 1 aliphatic rings. The molecule has 2 N–H and O–H groups in total. The largest absolute Gasteiger partial charge is 0.374 e. The van der Waals surface area contributed by atoms with E-state index < -0.39 is 0 Å². The minimum atomic E-state index is 0.226. The molecule has 0 unspecified atom stereocenters. The molecule has 106 valence electrons. The van der Waals surface area contributed by atoms with Crippen molar-refractivity contribution < 1.29 is 0 Å². The van der Waals surface area contributed by atoms with Gasteiger partial charge in [0.15, 0.2) is 0 Å². The van der Waals surface area contributed by atoms with Crippen molar-refractivity contribution in [1.82, 2.24) is 0 Å². The second kappa shape index (κ2) is 5.16. The van der Waals surface area contributed by atoms with E-state index in [9.17, 15) is 0 Å². The summed E-state index contributed by atoms with van der Waals surface area (Å²) in [7, 11) is 2.18. The Labute approximate surface area is 118 Å². The van der Waals surface area contributed by atoms with Crippen molar-refractivity contribution in [3.63, 3.8) is 0 Å². The first-order valence-electron chi connectivity index (χ1n) is 7.38. The third-order valence-electron chi connectivity index (χ3n) is 4.59. The molecule has 0 radical (unpaired) electrons. The summed E-state index contributed by atoms with van der Waals surface area (Å²) < 4.78 is 0. The highest BCUT2D eigenvalue weighted by Gasteiger charge is 2.36. The fourth-order valence-corrected chi connectivity index (χ4v) is 2.91. The Hall–Kier alpha value is -1.02. The Morgan fingerprint density at radius 1 is 1.16 bits per heavy atom. The zero-order chi connectivity index (χ0) is 14.1. The van der Waals surface area contributed by atoms with Crippen molar-refractivity contribution in [2.45, 2.75) is 45.4 Å². The molecule has 0 bridgehead atoms. The van der Waals surface area contributed by atoms with Gasteiger partial charge in [-0.3, -0.25) is 0 Å². The summed E-state index contributed by atoms with van der Waals surface area (Å²) in [5.74, 6) is 0. The van der Waals surface area contributed by atoms with Crippen LogP contribution in [0.3, 0.4) is 0 Å². The minimum absolute atomic E-state index is 0.226. The summed E-state index contributed by atoms with van der Waals surface area (Å²) in [6, 6.07) is 8.98. The third-order valence-corrected chi connectivity index (χ3v) is 4.59. The van der Waals surface area contributed by atoms with Crippen LogP contribution in [0.4, 0.5) is 5.69 Å². The highest BCUT2D eigenvalue weighted by atomic mass is 15.1. The molecule has 2 rings (SSSR count). The molecule has 0 aromatic heterocycles. The van der Waals surface area contributed by atoms with Crippen molar-refractivity contribution >= 4 is 5.69 Å². The Morgan fingerprint density at radius 3 is 2.11 bits per heavy atom. The van der Waals surface area contributed by atoms with Gasteiger partial charge in [-0.2, -0.15) is 0 Å². The van der Waals surface area contributed by atoms with Crippen molar-refractivity contribution in [3.8, 4) is 0 Å². The Morgan fingerprint density at radius 2 is 1.74 bits per heavy atom. The summed E-state index contributed by atoms with van der Waals surface area (Å²) >= 11 is 0. The fraction of sp³-hybridized carbons (Fsp3) is 0.647. The number of anilines is 1. The lowest BCUT2D eigenvalue weighted by atomic mass is 9.68. The molecular weight excluding hydrogens is 232 g/mol. The SMILES string of the molecule is CN(CC1(CN)CCC1)c1ccc(C(C)(C)C)cc1. The van der Waals surface area contributed by atoms with Gasteiger partial charge in [-0.15, -0.1) is 0 Å². The zero-order valence-corrected chi connectivity index (χ0v) is 12.9. The maximum atomic E-state index is 5.95. The molecule has 2 heteroatoms. The monoisotopic (exact) mass is 260 g/mol. The molecular formula is C17H28N2. The first-order valence-corrected chi connectivity index (χ1v) is 7.38. The normalized spacial score (nSPS) is 17.9. The van der Waals surface area contributed by atoms with Crippen LogP contribution in [0.15, 0.2) is 24.3 Å². The van der Waals surface area contributed by atoms with Gasteiger partial charge in [-0.1, -0.05) is 39.3 Å². The highest BCUT2D eigenvalue weighted by molar-refractivity contribution is 5.48. The zero-order valence-electron chi connectivity index (χ0n) is 12.9. The third kappa shape index (κ3) is 3.11. The average molecular weight is 260 g/mol. The smallest absolute Gasteiger partial charge is 0.0363 e. The van der Waals surface area contributed by atoms with E-state index >= 15 is 0 Å². The van der Waals surface area contributed by atoms with Crippen LogP contribution in [0, 0.1) is 5.41 Å². The summed E-state index contributed by atoms with van der Waals surface area (Å²) in [4.78, 5) is 2.36. The Bertz CT molecular complexity index is 404. The highest BCUT2D eigenvalue weighted by Crippen LogP contribution is 2.41. The van der Waals surface area contributed by atoms with Gasteiger partial charge in [-0.25, -0.2) is 0 Å². The van der Waals surface area contributed by atoms with Crippen molar-refractivity contribution in [2.24, 2.45) is 11.1 Å². The fourth-order valence-electron chi connectivity index (χ4n) is 2.91. The first-order chi connectivity index (χ1) is 8.86. The van der Waals surface area contributed by atoms with E-state index in [-0.39, 0.29) is 5.41 Å². The second-order valence-corrected chi connectivity index (χ2v) is 7.21. The quantitative estimate of drug-likeness (QED) is 0.897. The van der Waals surface area contributed by atoms with Crippen molar-refractivity contribution in [3.05, 3.63) is 29.8 Å². The van der Waals surface area contributed by atoms with Crippen LogP contribution in [-0.4, -0.2) is 20.1 Å². The summed E-state index contributed by atoms with van der Waals surface area (Å²) in [5, 5.41) is 0. The second-order valence-electron chi connectivity index (χ2n) is 7.21. The molecule has 1 saturated carbocycles. The van der Waals surface area contributed by atoms with Gasteiger partial charge in [-0.05, 0) is 42.5 Å². The lowest BCUT2D eigenvalue weighted by Gasteiger charge is -2.44. The molecule has 1 aromatic rings. The van der Waals surface area contributed by atoms with Crippen molar-refractivity contribution in [2.75, 3.05) is 25.0 Å². The van der Waals surface area contributed by atoms with E-state index in [1.165, 1.54) is 30.5 Å². The molecule has 1 aliphatic carbocycles. The van der Waals surface area contributed by atoms with E-state index in [1.807, 2.05) is 0 Å². The molecule has 0 spiro atoms. The standard InChI is InChI=1S/C17H28N2/c1-16(2,3)14-6-8-15(9-7-14)19(4)13-17(12-18)10-5-11-17/h6-9H,5,10-13,18H2,1-4H3. The van der Waals surface area contributed by atoms with Gasteiger partial charge in [0.1, 0.15) is 0 Å². The van der Waals surface area contributed by atoms with Crippen LogP contribution < -0.4 is 10.6 Å². The molecule has 1 fully saturated rings. The van der Waals surface area contributed by atoms with Crippen LogP contribution in [0.5, 0.6) is 0 Å². The molecule has 0 atom stereocenters. The predicted molar refractivity (Wildman–Crippen MR) is 83.8 cm³/mol. The van der Waals surface area contributed by atoms with E-state index in [0.717, 1.165) is 13.1 Å². The van der Waals surface area contributed by atoms with Crippen LogP contribution in [0.25, 0.3) is 0 Å². The molecule has 0 heterocycles. The lowest BCUT2D eigenvalue weighted by Crippen LogP contribution is -2.46. The van der Waals surface area contributed by atoms with Crippen LogP contribution in [-0.2, 0) is 5.41 Å². The van der Waals surface area contributed by atoms with E-state index in [2.05, 4.69) is 57.0 Å². The summed E-state index contributed by atoms with van der Waals surface area (Å²) in [6.45, 7) is 8.66. The number of nitrogens with zero attached hydrogens (tertiary/aromatic N) is 1. The van der Waals surface area contributed by atoms with Crippen LogP contribution in [0.2, 0.25) is 0 Å². The molecule has 0 saturated heterocycles. The van der Waals surface area contributed by atoms with E-state index in [1.54, 1.807) is 0 Å². The lowest BCUT2D eigenvalue weighted by molar-refractivity contribution is 0.154. The van der Waals surface area contributed by atoms with Gasteiger partial charge in [0, 0.05) is 24.7 Å². The van der Waals surface area contributed by atoms with E-state index in [0.29, 0.717) is 5.41 Å². The molecule has 0 amide bonds. The van der Waals surface area contributed by atoms with E-state index in [4.69, 9.17) is 5.73 Å². The van der Waals surface area contributed by atoms with Crippen LogP contribution >= 0.6 is 0 Å². The predicted octanol–water partition coefficient (Wildman–Crippen LogP) is 3.55. The molecule has 2 nitrogen and oxygen atoms in total. The number of hydrogen-bond acceptors (Lipinski definition) is 2. The maximum absolute atomic E-state index is 5.95. The van der Waals surface area contributed by atoms with Crippen LogP contribution in [0.1, 0.15) is 45.6 Å². The van der Waals surface area contributed by atoms with Gasteiger partial charge < -0.3 is 10.6 Å². The summed E-state index contributed by atoms with van der Waals surface area (Å²) in [5.41, 5.74) is 9.24. The number of hydrogen-bond donors (Lipinski definition) is 1. The Kier molecular flexibility index (Phi) is 3.91. The summed E-state index contributed by atoms with van der Waals surface area (Å²) in [6.07, 6.45) is 3.91. The van der Waals surface area contributed by atoms with Gasteiger partial charge in [0.2, 0.25) is 0 Å². The molecule has 19 heavy (non-hydrogen) atoms. The molecule has 1 aromatic carbocycles. The number of rotatable bonds is 4. The maximum Gasteiger partial charge on any atom is 0.0363 e.